The largest absolute Gasteiger partial charge is 0.307 e. The Morgan fingerprint density at radius 3 is 2.03 bits per heavy atom. The van der Waals surface area contributed by atoms with Crippen LogP contribution in [0.3, 0.4) is 0 Å². The lowest BCUT2D eigenvalue weighted by atomic mass is 9.74. The van der Waals surface area contributed by atoms with Crippen molar-refractivity contribution in [3.63, 3.8) is 0 Å². The summed E-state index contributed by atoms with van der Waals surface area (Å²) in [6.45, 7) is 12.8. The summed E-state index contributed by atoms with van der Waals surface area (Å²) in [5.41, 5.74) is 4.44. The Morgan fingerprint density at radius 2 is 1.56 bits per heavy atom. The number of carbonyl (C=O) groups is 2. The molecule has 1 heterocycles. The maximum atomic E-state index is 12.6. The molecule has 4 nitrogen and oxygen atoms in total. The number of rotatable bonds is 6. The molecule has 182 valence electrons. The monoisotopic (exact) mass is 464 g/mol. The molecular weight excluding hydrogens is 427 g/mol. The number of carbonyl (C=O) groups excluding carboxylic acids is 2. The Bertz CT molecular complexity index is 955. The van der Waals surface area contributed by atoms with E-state index in [2.05, 4.69) is 55.0 Å². The molecule has 1 aromatic heterocycles. The highest BCUT2D eigenvalue weighted by atomic mass is 19.1. The first-order valence-corrected chi connectivity index (χ1v) is 11.1. The Labute approximate surface area is 204 Å². The SMILES string of the molecule is C=O.C=O.CCc1ccccc1F.CN=CCC(C)(C)C(C)c1ccc(-c2ccccc2)nc1. The molecule has 0 saturated carbocycles. The average Bonchev–Trinajstić information content (AvgIpc) is 2.90. The highest BCUT2D eigenvalue weighted by Crippen LogP contribution is 2.37. The predicted molar refractivity (Wildman–Crippen MR) is 141 cm³/mol. The molecule has 34 heavy (non-hydrogen) atoms. The van der Waals surface area contributed by atoms with Crippen LogP contribution < -0.4 is 0 Å². The zero-order valence-corrected chi connectivity index (χ0v) is 21.0. The van der Waals surface area contributed by atoms with Crippen molar-refractivity contribution in [3.05, 3.63) is 89.9 Å². The summed E-state index contributed by atoms with van der Waals surface area (Å²) in [6.07, 6.45) is 5.76. The van der Waals surface area contributed by atoms with Crippen molar-refractivity contribution in [2.45, 2.75) is 46.5 Å². The van der Waals surface area contributed by atoms with Crippen molar-refractivity contribution in [1.82, 2.24) is 4.98 Å². The molecule has 3 rings (SSSR count). The summed E-state index contributed by atoms with van der Waals surface area (Å²) in [4.78, 5) is 24.7. The van der Waals surface area contributed by atoms with Gasteiger partial charge in [0, 0.05) is 18.8 Å². The second kappa shape index (κ2) is 17.1. The summed E-state index contributed by atoms with van der Waals surface area (Å²) < 4.78 is 12.6. The van der Waals surface area contributed by atoms with Gasteiger partial charge in [0.1, 0.15) is 19.4 Å². The fraction of sp³-hybridized carbons (Fsp3) is 0.310. The van der Waals surface area contributed by atoms with E-state index in [4.69, 9.17) is 9.59 Å². The minimum absolute atomic E-state index is 0.0972. The van der Waals surface area contributed by atoms with Crippen LogP contribution in [0.4, 0.5) is 4.39 Å². The maximum absolute atomic E-state index is 12.6. The van der Waals surface area contributed by atoms with Gasteiger partial charge in [-0.1, -0.05) is 82.3 Å². The Hall–Kier alpha value is -3.47. The van der Waals surface area contributed by atoms with Crippen LogP contribution in [0.25, 0.3) is 11.3 Å². The van der Waals surface area contributed by atoms with Crippen molar-refractivity contribution in [2.75, 3.05) is 7.05 Å². The minimum Gasteiger partial charge on any atom is -0.307 e. The molecule has 0 saturated heterocycles. The third-order valence-electron chi connectivity index (χ3n) is 5.67. The van der Waals surface area contributed by atoms with Crippen LogP contribution in [-0.2, 0) is 16.0 Å². The number of benzene rings is 2. The van der Waals surface area contributed by atoms with Gasteiger partial charge in [-0.05, 0) is 53.6 Å². The van der Waals surface area contributed by atoms with E-state index in [9.17, 15) is 4.39 Å². The zero-order chi connectivity index (χ0) is 26.0. The van der Waals surface area contributed by atoms with Gasteiger partial charge in [0.25, 0.3) is 0 Å². The summed E-state index contributed by atoms with van der Waals surface area (Å²) in [6, 6.07) is 21.4. The molecule has 0 spiro atoms. The van der Waals surface area contributed by atoms with Crippen LogP contribution in [0.5, 0.6) is 0 Å². The number of halogens is 1. The van der Waals surface area contributed by atoms with Crippen molar-refractivity contribution < 1.29 is 14.0 Å². The summed E-state index contributed by atoms with van der Waals surface area (Å²) in [5, 5.41) is 0. The zero-order valence-electron chi connectivity index (χ0n) is 21.0. The standard InChI is InChI=1S/C19H24N2.C8H9F.2CH2O/c1-15(19(2,3)12-13-20-4)17-10-11-18(21-14-17)16-8-6-5-7-9-16;1-2-7-5-3-4-6-8(7)9;2*1-2/h5-11,13-15H,12H2,1-4H3;3-6H,2H2,1H3;2*1H2. The highest BCUT2D eigenvalue weighted by molar-refractivity contribution is 5.59. The van der Waals surface area contributed by atoms with Gasteiger partial charge in [-0.15, -0.1) is 0 Å². The van der Waals surface area contributed by atoms with Crippen LogP contribution >= 0.6 is 0 Å². The molecule has 0 N–H and O–H groups in total. The first-order chi connectivity index (χ1) is 16.4. The molecule has 1 atom stereocenters. The van der Waals surface area contributed by atoms with E-state index < -0.39 is 0 Å². The lowest BCUT2D eigenvalue weighted by Gasteiger charge is -2.30. The number of aryl methyl sites for hydroxylation is 1. The molecule has 0 radical (unpaired) electrons. The summed E-state index contributed by atoms with van der Waals surface area (Å²) in [7, 11) is 1.83. The number of aliphatic imine (C=N–C) groups is 1. The van der Waals surface area contributed by atoms with E-state index in [0.717, 1.165) is 29.7 Å². The van der Waals surface area contributed by atoms with Gasteiger partial charge in [-0.3, -0.25) is 4.98 Å². The summed E-state index contributed by atoms with van der Waals surface area (Å²) in [5.74, 6) is 0.341. The molecular formula is C29H37FN2O2. The minimum atomic E-state index is -0.0972. The molecule has 0 aliphatic rings. The van der Waals surface area contributed by atoms with Crippen LogP contribution in [0, 0.1) is 11.2 Å². The number of hydrogen-bond acceptors (Lipinski definition) is 4. The molecule has 0 aliphatic heterocycles. The molecule has 0 aliphatic carbocycles. The molecule has 5 heteroatoms. The Morgan fingerprint density at radius 1 is 0.971 bits per heavy atom. The van der Waals surface area contributed by atoms with Crippen molar-refractivity contribution in [1.29, 1.82) is 0 Å². The van der Waals surface area contributed by atoms with Crippen molar-refractivity contribution >= 4 is 19.8 Å². The van der Waals surface area contributed by atoms with Crippen molar-refractivity contribution in [2.24, 2.45) is 10.4 Å². The number of nitrogens with zero attached hydrogens (tertiary/aromatic N) is 2. The average molecular weight is 465 g/mol. The second-order valence-electron chi connectivity index (χ2n) is 8.14. The fourth-order valence-corrected chi connectivity index (χ4v) is 3.18. The molecule has 3 aromatic rings. The molecule has 0 fully saturated rings. The van der Waals surface area contributed by atoms with E-state index in [1.165, 1.54) is 11.6 Å². The van der Waals surface area contributed by atoms with Gasteiger partial charge in [-0.25, -0.2) is 4.39 Å². The van der Waals surface area contributed by atoms with E-state index in [0.29, 0.717) is 5.92 Å². The lowest BCUT2D eigenvalue weighted by Crippen LogP contribution is -2.20. The van der Waals surface area contributed by atoms with Gasteiger partial charge < -0.3 is 14.6 Å². The van der Waals surface area contributed by atoms with Crippen LogP contribution in [0.2, 0.25) is 0 Å². The normalized spacial score (nSPS) is 11.1. The quantitative estimate of drug-likeness (QED) is 0.370. The van der Waals surface area contributed by atoms with Crippen LogP contribution in [-0.4, -0.2) is 31.8 Å². The topological polar surface area (TPSA) is 59.4 Å². The second-order valence-corrected chi connectivity index (χ2v) is 8.14. The predicted octanol–water partition coefficient (Wildman–Crippen LogP) is 6.99. The number of aromatic nitrogens is 1. The third-order valence-corrected chi connectivity index (χ3v) is 5.67. The van der Waals surface area contributed by atoms with Gasteiger partial charge in [-0.2, -0.15) is 0 Å². The van der Waals surface area contributed by atoms with Crippen LogP contribution in [0.15, 0.2) is 77.9 Å². The molecule has 2 aromatic carbocycles. The van der Waals surface area contributed by atoms with E-state index in [-0.39, 0.29) is 11.2 Å². The van der Waals surface area contributed by atoms with Crippen LogP contribution in [0.1, 0.15) is 51.2 Å². The van der Waals surface area contributed by atoms with Gasteiger partial charge in [0.2, 0.25) is 0 Å². The maximum Gasteiger partial charge on any atom is 0.126 e. The van der Waals surface area contributed by atoms with Crippen molar-refractivity contribution in [3.8, 4) is 11.3 Å². The number of pyridine rings is 1. The number of hydrogen-bond donors (Lipinski definition) is 0. The van der Waals surface area contributed by atoms with Gasteiger partial charge in [0.15, 0.2) is 0 Å². The van der Waals surface area contributed by atoms with Gasteiger partial charge >= 0.3 is 0 Å². The molecule has 1 unspecified atom stereocenters. The Balaban J connectivity index is 0.000000698. The molecule has 0 bridgehead atoms. The van der Waals surface area contributed by atoms with E-state index >= 15 is 0 Å². The first kappa shape index (κ1) is 30.5. The third kappa shape index (κ3) is 9.99. The molecule has 0 amide bonds. The summed E-state index contributed by atoms with van der Waals surface area (Å²) >= 11 is 0. The Kier molecular flexibility index (Phi) is 15.3. The highest BCUT2D eigenvalue weighted by Gasteiger charge is 2.26. The lowest BCUT2D eigenvalue weighted by molar-refractivity contribution is -0.0987. The van der Waals surface area contributed by atoms with E-state index in [1.54, 1.807) is 12.1 Å². The van der Waals surface area contributed by atoms with E-state index in [1.807, 2.05) is 64.2 Å². The first-order valence-electron chi connectivity index (χ1n) is 11.1. The smallest absolute Gasteiger partial charge is 0.126 e. The fourth-order valence-electron chi connectivity index (χ4n) is 3.18. The van der Waals surface area contributed by atoms with Gasteiger partial charge in [0.05, 0.1) is 5.69 Å².